The fraction of sp³-hybridized carbons (Fsp3) is 0.250. The molecule has 0 fully saturated rings. The average molecular weight is 404 g/mol. The van der Waals surface area contributed by atoms with Gasteiger partial charge in [-0.15, -0.1) is 0 Å². The van der Waals surface area contributed by atoms with Gasteiger partial charge < -0.3 is 4.74 Å². The van der Waals surface area contributed by atoms with Crippen molar-refractivity contribution in [2.24, 2.45) is 0 Å². The Morgan fingerprint density at radius 3 is 2.22 bits per heavy atom. The van der Waals surface area contributed by atoms with Crippen molar-refractivity contribution < 1.29 is 31.2 Å². The molecule has 0 atom stereocenters. The standard InChI is InChI=1S/C16H15F3N2O5S/c1-20(10-11-3-5-12(6-4-11)16(17,18)19)27(24,25)13-7-8-15(26-2)14(9-13)21(22)23/h3-9H,10H2,1-2H3. The monoisotopic (exact) mass is 404 g/mol. The van der Waals surface area contributed by atoms with E-state index in [1.54, 1.807) is 0 Å². The van der Waals surface area contributed by atoms with Crippen molar-refractivity contribution in [3.05, 3.63) is 63.7 Å². The summed E-state index contributed by atoms with van der Waals surface area (Å²) < 4.78 is 68.7. The Labute approximate surface area is 153 Å². The van der Waals surface area contributed by atoms with E-state index in [0.29, 0.717) is 5.56 Å². The minimum atomic E-state index is -4.49. The number of nitro benzene ring substituents is 1. The maximum absolute atomic E-state index is 12.6. The largest absolute Gasteiger partial charge is 0.490 e. The van der Waals surface area contributed by atoms with E-state index in [1.165, 1.54) is 26.3 Å². The summed E-state index contributed by atoms with van der Waals surface area (Å²) in [5, 5.41) is 11.1. The van der Waals surface area contributed by atoms with Crippen LogP contribution in [0.1, 0.15) is 11.1 Å². The third-order valence-electron chi connectivity index (χ3n) is 3.74. The van der Waals surface area contributed by atoms with E-state index in [-0.39, 0.29) is 17.2 Å². The first kappa shape index (κ1) is 20.6. The van der Waals surface area contributed by atoms with Gasteiger partial charge in [-0.3, -0.25) is 10.1 Å². The molecule has 2 aromatic carbocycles. The molecule has 146 valence electrons. The molecule has 11 heteroatoms. The molecule has 0 amide bonds. The highest BCUT2D eigenvalue weighted by atomic mass is 32.2. The van der Waals surface area contributed by atoms with Crippen LogP contribution < -0.4 is 4.74 Å². The Balaban J connectivity index is 2.28. The molecule has 2 rings (SSSR count). The summed E-state index contributed by atoms with van der Waals surface area (Å²) >= 11 is 0. The molecule has 0 aromatic heterocycles. The summed E-state index contributed by atoms with van der Waals surface area (Å²) in [5.74, 6) is -0.0932. The molecular formula is C16H15F3N2O5S. The molecule has 0 saturated carbocycles. The Kier molecular flexibility index (Phi) is 5.76. The fourth-order valence-corrected chi connectivity index (χ4v) is 3.47. The number of alkyl halides is 3. The van der Waals surface area contributed by atoms with Crippen molar-refractivity contribution in [2.75, 3.05) is 14.2 Å². The molecule has 0 N–H and O–H groups in total. The van der Waals surface area contributed by atoms with Crippen LogP contribution >= 0.6 is 0 Å². The van der Waals surface area contributed by atoms with Crippen molar-refractivity contribution in [3.63, 3.8) is 0 Å². The molecule has 0 heterocycles. The third-order valence-corrected chi connectivity index (χ3v) is 5.54. The van der Waals surface area contributed by atoms with Crippen LogP contribution in [-0.4, -0.2) is 31.8 Å². The number of hydrogen-bond donors (Lipinski definition) is 0. The Hall–Kier alpha value is -2.66. The molecule has 7 nitrogen and oxygen atoms in total. The summed E-state index contributed by atoms with van der Waals surface area (Å²) in [5.41, 5.74) is -1.03. The minimum absolute atomic E-state index is 0.0932. The van der Waals surface area contributed by atoms with Crippen LogP contribution in [0.2, 0.25) is 0 Å². The summed E-state index contributed by atoms with van der Waals surface area (Å²) in [6, 6.07) is 7.25. The molecule has 0 aliphatic heterocycles. The summed E-state index contributed by atoms with van der Waals surface area (Å²) in [7, 11) is -1.66. The molecule has 2 aromatic rings. The van der Waals surface area contributed by atoms with Crippen LogP contribution in [0.3, 0.4) is 0 Å². The van der Waals surface area contributed by atoms with Crippen molar-refractivity contribution in [1.29, 1.82) is 0 Å². The van der Waals surface area contributed by atoms with Gasteiger partial charge in [-0.25, -0.2) is 8.42 Å². The highest BCUT2D eigenvalue weighted by Crippen LogP contribution is 2.31. The number of rotatable bonds is 6. The summed E-state index contributed by atoms with van der Waals surface area (Å²) in [6.07, 6.45) is -4.49. The van der Waals surface area contributed by atoms with E-state index in [1.807, 2.05) is 0 Å². The molecule has 0 unspecified atom stereocenters. The maximum Gasteiger partial charge on any atom is 0.416 e. The zero-order chi connectivity index (χ0) is 20.4. The lowest BCUT2D eigenvalue weighted by atomic mass is 10.1. The summed E-state index contributed by atoms with van der Waals surface area (Å²) in [6.45, 7) is -0.208. The molecule has 0 radical (unpaired) electrons. The highest BCUT2D eigenvalue weighted by molar-refractivity contribution is 7.89. The number of nitrogens with zero attached hydrogens (tertiary/aromatic N) is 2. The van der Waals surface area contributed by atoms with Gasteiger partial charge in [0.05, 0.1) is 22.5 Å². The molecular weight excluding hydrogens is 389 g/mol. The van der Waals surface area contributed by atoms with Gasteiger partial charge in [-0.2, -0.15) is 17.5 Å². The van der Waals surface area contributed by atoms with Crippen LogP contribution in [0.5, 0.6) is 5.75 Å². The van der Waals surface area contributed by atoms with Crippen LogP contribution in [0, 0.1) is 10.1 Å². The number of halogens is 3. The van der Waals surface area contributed by atoms with Crippen LogP contribution in [0.4, 0.5) is 18.9 Å². The second-order valence-electron chi connectivity index (χ2n) is 5.55. The predicted octanol–water partition coefficient (Wildman–Crippen LogP) is 3.44. The van der Waals surface area contributed by atoms with Crippen LogP contribution in [-0.2, 0) is 22.7 Å². The van der Waals surface area contributed by atoms with Gasteiger partial charge in [0.25, 0.3) is 0 Å². The molecule has 0 saturated heterocycles. The fourth-order valence-electron chi connectivity index (χ4n) is 2.29. The molecule has 27 heavy (non-hydrogen) atoms. The van der Waals surface area contributed by atoms with E-state index in [9.17, 15) is 31.7 Å². The lowest BCUT2D eigenvalue weighted by molar-refractivity contribution is -0.386. The topological polar surface area (TPSA) is 89.8 Å². The van der Waals surface area contributed by atoms with Crippen molar-refractivity contribution >= 4 is 15.7 Å². The van der Waals surface area contributed by atoms with Crippen molar-refractivity contribution in [2.45, 2.75) is 17.6 Å². The molecule has 0 aliphatic rings. The van der Waals surface area contributed by atoms with Gasteiger partial charge in [0, 0.05) is 19.7 Å². The van der Waals surface area contributed by atoms with Gasteiger partial charge in [-0.1, -0.05) is 12.1 Å². The second kappa shape index (κ2) is 7.53. The van der Waals surface area contributed by atoms with E-state index < -0.39 is 32.4 Å². The molecule has 0 spiro atoms. The molecule has 0 aliphatic carbocycles. The van der Waals surface area contributed by atoms with Crippen LogP contribution in [0.15, 0.2) is 47.4 Å². The first-order valence-corrected chi connectivity index (χ1v) is 8.85. The number of ether oxygens (including phenoxy) is 1. The lowest BCUT2D eigenvalue weighted by Gasteiger charge is -2.18. The number of nitro groups is 1. The predicted molar refractivity (Wildman–Crippen MR) is 89.7 cm³/mol. The van der Waals surface area contributed by atoms with E-state index in [4.69, 9.17) is 4.74 Å². The molecule has 0 bridgehead atoms. The van der Waals surface area contributed by atoms with Crippen molar-refractivity contribution in [1.82, 2.24) is 4.31 Å². The zero-order valence-electron chi connectivity index (χ0n) is 14.2. The minimum Gasteiger partial charge on any atom is -0.490 e. The summed E-state index contributed by atoms with van der Waals surface area (Å²) in [4.78, 5) is 9.96. The second-order valence-corrected chi connectivity index (χ2v) is 7.59. The third kappa shape index (κ3) is 4.55. The highest BCUT2D eigenvalue weighted by Gasteiger charge is 2.30. The quantitative estimate of drug-likeness (QED) is 0.543. The normalized spacial score (nSPS) is 12.2. The smallest absolute Gasteiger partial charge is 0.416 e. The van der Waals surface area contributed by atoms with Gasteiger partial charge >= 0.3 is 11.9 Å². The number of methoxy groups -OCH3 is 1. The van der Waals surface area contributed by atoms with Crippen molar-refractivity contribution in [3.8, 4) is 5.75 Å². The van der Waals surface area contributed by atoms with E-state index in [0.717, 1.165) is 34.6 Å². The average Bonchev–Trinajstić information content (AvgIpc) is 2.60. The number of benzene rings is 2. The zero-order valence-corrected chi connectivity index (χ0v) is 15.0. The Bertz CT molecular complexity index is 944. The number of hydrogen-bond acceptors (Lipinski definition) is 5. The van der Waals surface area contributed by atoms with Crippen LogP contribution in [0.25, 0.3) is 0 Å². The first-order valence-electron chi connectivity index (χ1n) is 7.41. The van der Waals surface area contributed by atoms with Gasteiger partial charge in [0.1, 0.15) is 0 Å². The Morgan fingerprint density at radius 1 is 1.15 bits per heavy atom. The first-order chi connectivity index (χ1) is 12.5. The van der Waals surface area contributed by atoms with Gasteiger partial charge in [-0.05, 0) is 29.8 Å². The maximum atomic E-state index is 12.6. The SMILES string of the molecule is COc1ccc(S(=O)(=O)N(C)Cc2ccc(C(F)(F)F)cc2)cc1[N+](=O)[O-]. The van der Waals surface area contributed by atoms with E-state index >= 15 is 0 Å². The Morgan fingerprint density at radius 2 is 1.74 bits per heavy atom. The van der Waals surface area contributed by atoms with E-state index in [2.05, 4.69) is 0 Å². The van der Waals surface area contributed by atoms with Gasteiger partial charge in [0.15, 0.2) is 5.75 Å². The lowest BCUT2D eigenvalue weighted by Crippen LogP contribution is -2.26. The van der Waals surface area contributed by atoms with Gasteiger partial charge in [0.2, 0.25) is 10.0 Å². The number of sulfonamides is 1.